The number of amidine groups is 1. The van der Waals surface area contributed by atoms with Gasteiger partial charge in [0.2, 0.25) is 0 Å². The van der Waals surface area contributed by atoms with Gasteiger partial charge in [0, 0.05) is 4.75 Å². The summed E-state index contributed by atoms with van der Waals surface area (Å²) in [5, 5.41) is 3.45. The SMILES string of the molecule is CC12CCC(CC1)C(C)(C)N=C(NN=O)S2. The lowest BCUT2D eigenvalue weighted by Crippen LogP contribution is -2.42. The lowest BCUT2D eigenvalue weighted by molar-refractivity contribution is 0.218. The first-order valence-corrected chi connectivity index (χ1v) is 6.64. The highest BCUT2D eigenvalue weighted by Crippen LogP contribution is 2.48. The molecule has 0 saturated heterocycles. The van der Waals surface area contributed by atoms with E-state index in [1.807, 2.05) is 0 Å². The molecule has 0 atom stereocenters. The van der Waals surface area contributed by atoms with Crippen molar-refractivity contribution in [3.05, 3.63) is 4.91 Å². The van der Waals surface area contributed by atoms with Crippen LogP contribution in [0.1, 0.15) is 46.5 Å². The Kier molecular flexibility index (Phi) is 2.99. The van der Waals surface area contributed by atoms with Crippen molar-refractivity contribution in [2.24, 2.45) is 16.2 Å². The van der Waals surface area contributed by atoms with E-state index in [1.165, 1.54) is 25.7 Å². The van der Waals surface area contributed by atoms with Crippen molar-refractivity contribution in [2.45, 2.75) is 56.7 Å². The maximum absolute atomic E-state index is 10.3. The molecular weight excluding hydrogens is 222 g/mol. The van der Waals surface area contributed by atoms with Crippen LogP contribution in [0.3, 0.4) is 0 Å². The minimum Gasteiger partial charge on any atom is -0.255 e. The van der Waals surface area contributed by atoms with Gasteiger partial charge in [-0.15, -0.1) is 4.91 Å². The summed E-state index contributed by atoms with van der Waals surface area (Å²) in [6.07, 6.45) is 4.88. The zero-order valence-electron chi connectivity index (χ0n) is 10.1. The van der Waals surface area contributed by atoms with E-state index in [2.05, 4.69) is 36.5 Å². The Bertz CT molecular complexity index is 319. The van der Waals surface area contributed by atoms with Crippen molar-refractivity contribution in [1.29, 1.82) is 0 Å². The number of hydrogen-bond donors (Lipinski definition) is 1. The van der Waals surface area contributed by atoms with Crippen LogP contribution >= 0.6 is 11.8 Å². The van der Waals surface area contributed by atoms with Gasteiger partial charge in [0.05, 0.1) is 10.8 Å². The Morgan fingerprint density at radius 1 is 1.38 bits per heavy atom. The van der Waals surface area contributed by atoms with Crippen LogP contribution < -0.4 is 5.43 Å². The predicted molar refractivity (Wildman–Crippen MR) is 68.4 cm³/mol. The van der Waals surface area contributed by atoms with Crippen molar-refractivity contribution in [1.82, 2.24) is 5.43 Å². The monoisotopic (exact) mass is 241 g/mol. The fourth-order valence-corrected chi connectivity index (χ4v) is 4.00. The smallest absolute Gasteiger partial charge is 0.180 e. The lowest BCUT2D eigenvalue weighted by atomic mass is 9.73. The Morgan fingerprint density at radius 2 is 2.00 bits per heavy atom. The third-order valence-electron chi connectivity index (χ3n) is 3.92. The maximum atomic E-state index is 10.3. The second-order valence-corrected chi connectivity index (χ2v) is 7.18. The molecule has 1 N–H and O–H groups in total. The standard InChI is InChI=1S/C11H19N3OS/c1-10(2)8-4-6-11(3,7-5-8)16-9(12-10)13-14-15/h8H,4-7H2,1-3H3,(H,12,13,15). The van der Waals surface area contributed by atoms with Gasteiger partial charge in [-0.05, 0) is 52.4 Å². The first-order valence-electron chi connectivity index (χ1n) is 5.82. The molecule has 0 aromatic heterocycles. The molecule has 1 saturated carbocycles. The molecule has 2 heterocycles. The molecule has 0 amide bonds. The molecule has 0 spiro atoms. The van der Waals surface area contributed by atoms with Gasteiger partial charge < -0.3 is 0 Å². The van der Waals surface area contributed by atoms with Crippen LogP contribution in [0.25, 0.3) is 0 Å². The summed E-state index contributed by atoms with van der Waals surface area (Å²) >= 11 is 1.68. The molecule has 3 aliphatic rings. The highest BCUT2D eigenvalue weighted by molar-refractivity contribution is 8.15. The minimum absolute atomic E-state index is 0.0816. The molecule has 1 aliphatic carbocycles. The van der Waals surface area contributed by atoms with E-state index in [-0.39, 0.29) is 10.3 Å². The van der Waals surface area contributed by atoms with E-state index in [4.69, 9.17) is 0 Å². The van der Waals surface area contributed by atoms with Crippen molar-refractivity contribution in [3.8, 4) is 0 Å². The van der Waals surface area contributed by atoms with E-state index in [1.54, 1.807) is 11.8 Å². The lowest BCUT2D eigenvalue weighted by Gasteiger charge is -2.44. The van der Waals surface area contributed by atoms with Crippen molar-refractivity contribution in [3.63, 3.8) is 0 Å². The fraction of sp³-hybridized carbons (Fsp3) is 0.909. The molecule has 2 aliphatic heterocycles. The van der Waals surface area contributed by atoms with Crippen molar-refractivity contribution >= 4 is 16.9 Å². The van der Waals surface area contributed by atoms with Crippen molar-refractivity contribution in [2.75, 3.05) is 0 Å². The maximum Gasteiger partial charge on any atom is 0.180 e. The molecule has 1 fully saturated rings. The molecule has 3 rings (SSSR count). The van der Waals surface area contributed by atoms with Crippen LogP contribution in [0.15, 0.2) is 10.3 Å². The number of nitrogens with one attached hydrogen (secondary N) is 1. The summed E-state index contributed by atoms with van der Waals surface area (Å²) in [7, 11) is 0. The third kappa shape index (κ3) is 2.24. The number of nitrogens with zero attached hydrogens (tertiary/aromatic N) is 2. The Hall–Kier alpha value is -0.580. The largest absolute Gasteiger partial charge is 0.255 e. The zero-order valence-corrected chi connectivity index (χ0v) is 10.9. The topological polar surface area (TPSA) is 53.8 Å². The number of fused-ring (bicyclic) bond motifs is 4. The highest BCUT2D eigenvalue weighted by Gasteiger charge is 2.41. The van der Waals surface area contributed by atoms with Gasteiger partial charge in [-0.25, -0.2) is 5.43 Å². The van der Waals surface area contributed by atoms with Gasteiger partial charge in [0.25, 0.3) is 0 Å². The summed E-state index contributed by atoms with van der Waals surface area (Å²) in [6.45, 7) is 6.56. The normalized spacial score (nSPS) is 37.2. The number of hydrogen-bond acceptors (Lipinski definition) is 4. The van der Waals surface area contributed by atoms with E-state index < -0.39 is 0 Å². The molecule has 0 aromatic carbocycles. The fourth-order valence-electron chi connectivity index (χ4n) is 2.73. The van der Waals surface area contributed by atoms with Crippen LogP contribution in [0.2, 0.25) is 0 Å². The molecule has 0 unspecified atom stereocenters. The molecule has 4 nitrogen and oxygen atoms in total. The molecule has 5 heteroatoms. The quantitative estimate of drug-likeness (QED) is 0.567. The molecule has 0 radical (unpaired) electrons. The number of nitroso groups, excluding NO2 is 1. The van der Waals surface area contributed by atoms with E-state index in [9.17, 15) is 4.91 Å². The molecular formula is C11H19N3OS. The van der Waals surface area contributed by atoms with Crippen LogP contribution in [-0.2, 0) is 0 Å². The summed E-state index contributed by atoms with van der Waals surface area (Å²) in [6, 6.07) is 0. The van der Waals surface area contributed by atoms with Crippen molar-refractivity contribution < 1.29 is 0 Å². The van der Waals surface area contributed by atoms with Crippen LogP contribution in [0.4, 0.5) is 0 Å². The van der Waals surface area contributed by atoms with Gasteiger partial charge in [0.1, 0.15) is 0 Å². The van der Waals surface area contributed by atoms with Crippen LogP contribution in [-0.4, -0.2) is 15.5 Å². The average Bonchev–Trinajstić information content (AvgIpc) is 2.15. The number of rotatable bonds is 1. The van der Waals surface area contributed by atoms with Gasteiger partial charge in [-0.2, -0.15) is 0 Å². The van der Waals surface area contributed by atoms with Crippen LogP contribution in [0.5, 0.6) is 0 Å². The van der Waals surface area contributed by atoms with Gasteiger partial charge in [-0.1, -0.05) is 11.8 Å². The number of aliphatic imine (C=N–C) groups is 1. The second kappa shape index (κ2) is 4.02. The Balaban J connectivity index is 2.32. The minimum atomic E-state index is -0.0816. The third-order valence-corrected chi connectivity index (χ3v) is 5.19. The molecule has 16 heavy (non-hydrogen) atoms. The van der Waals surface area contributed by atoms with E-state index in [0.717, 1.165) is 0 Å². The summed E-state index contributed by atoms with van der Waals surface area (Å²) < 4.78 is 0.226. The van der Waals surface area contributed by atoms with Gasteiger partial charge >= 0.3 is 0 Å². The first-order chi connectivity index (χ1) is 7.45. The summed E-state index contributed by atoms with van der Waals surface area (Å²) in [5.41, 5.74) is 2.42. The Morgan fingerprint density at radius 3 is 2.56 bits per heavy atom. The van der Waals surface area contributed by atoms with Gasteiger partial charge in [-0.3, -0.25) is 4.99 Å². The molecule has 0 aromatic rings. The predicted octanol–water partition coefficient (Wildman–Crippen LogP) is 3.09. The second-order valence-electron chi connectivity index (χ2n) is 5.60. The molecule has 90 valence electrons. The van der Waals surface area contributed by atoms with Crippen LogP contribution in [0, 0.1) is 10.8 Å². The average molecular weight is 241 g/mol. The Labute approximate surface area is 101 Å². The number of thioether (sulfide) groups is 1. The first kappa shape index (κ1) is 11.9. The highest BCUT2D eigenvalue weighted by atomic mass is 32.2. The summed E-state index contributed by atoms with van der Waals surface area (Å²) in [5.74, 6) is 0.630. The van der Waals surface area contributed by atoms with Gasteiger partial charge in [0.15, 0.2) is 5.17 Å². The zero-order chi connectivity index (χ0) is 11.8. The van der Waals surface area contributed by atoms with E-state index >= 15 is 0 Å². The molecule has 2 bridgehead atoms. The summed E-state index contributed by atoms with van der Waals surface area (Å²) in [4.78, 5) is 15.0. The van der Waals surface area contributed by atoms with E-state index in [0.29, 0.717) is 11.1 Å².